The van der Waals surface area contributed by atoms with E-state index in [2.05, 4.69) is 27.2 Å². The van der Waals surface area contributed by atoms with E-state index in [4.69, 9.17) is 37.4 Å². The fourth-order valence-electron chi connectivity index (χ4n) is 2.98. The molecule has 0 bridgehead atoms. The number of carbonyl (C=O) groups is 1. The summed E-state index contributed by atoms with van der Waals surface area (Å²) in [5, 5.41) is 6.74. The van der Waals surface area contributed by atoms with Crippen LogP contribution in [-0.4, -0.2) is 55.4 Å². The number of carbonyl (C=O) groups excluding carboxylic acids is 1. The van der Waals surface area contributed by atoms with E-state index in [1.54, 1.807) is 30.6 Å². The van der Waals surface area contributed by atoms with Crippen molar-refractivity contribution in [3.63, 3.8) is 0 Å². The highest BCUT2D eigenvalue weighted by Crippen LogP contribution is 2.41. The van der Waals surface area contributed by atoms with Crippen molar-refractivity contribution in [1.82, 2.24) is 15.3 Å². The summed E-state index contributed by atoms with van der Waals surface area (Å²) < 4.78 is 16.0. The minimum Gasteiger partial charge on any atom is -0.495 e. The second-order valence-electron chi connectivity index (χ2n) is 6.60. The van der Waals surface area contributed by atoms with Gasteiger partial charge >= 0.3 is 0 Å². The Morgan fingerprint density at radius 2 is 1.74 bits per heavy atom. The first-order valence-corrected chi connectivity index (χ1v) is 10.1. The summed E-state index contributed by atoms with van der Waals surface area (Å²) in [6, 6.07) is 1.29. The highest BCUT2D eigenvalue weighted by atomic mass is 35.5. The summed E-state index contributed by atoms with van der Waals surface area (Å²) in [6.07, 6.45) is 8.05. The minimum atomic E-state index is -0.254. The van der Waals surface area contributed by atoms with E-state index in [1.807, 2.05) is 0 Å². The number of nitrogens with one attached hydrogen (secondary N) is 2. The molecule has 2 atom stereocenters. The smallest absolute Gasteiger partial charge is 0.243 e. The molecule has 31 heavy (non-hydrogen) atoms. The van der Waals surface area contributed by atoms with Crippen LogP contribution in [0.5, 0.6) is 11.5 Å². The predicted molar refractivity (Wildman–Crippen MR) is 121 cm³/mol. The molecule has 0 spiro atoms. The molecule has 1 unspecified atom stereocenters. The Kier molecular flexibility index (Phi) is 7.73. The van der Waals surface area contributed by atoms with Crippen LogP contribution in [0.3, 0.4) is 0 Å². The Morgan fingerprint density at radius 1 is 1.13 bits per heavy atom. The van der Waals surface area contributed by atoms with Crippen molar-refractivity contribution in [2.24, 2.45) is 0 Å². The molecule has 0 radical (unpaired) electrons. The molecule has 3 rings (SSSR count). The number of anilines is 1. The molecule has 1 aromatic heterocycles. The highest BCUT2D eigenvalue weighted by molar-refractivity contribution is 6.39. The van der Waals surface area contributed by atoms with E-state index in [0.717, 1.165) is 5.56 Å². The summed E-state index contributed by atoms with van der Waals surface area (Å²) in [7, 11) is 3.04. The lowest BCUT2D eigenvalue weighted by molar-refractivity contribution is -0.117. The van der Waals surface area contributed by atoms with E-state index < -0.39 is 0 Å². The Labute approximate surface area is 190 Å². The van der Waals surface area contributed by atoms with E-state index in [1.165, 1.54) is 20.3 Å². The molecule has 1 fully saturated rings. The van der Waals surface area contributed by atoms with Crippen molar-refractivity contribution >= 4 is 47.2 Å². The number of ether oxygens (including phenoxy) is 3. The molecule has 1 amide bonds. The first-order chi connectivity index (χ1) is 15.0. The molecular formula is C21H22Cl2N4O4. The van der Waals surface area contributed by atoms with Gasteiger partial charge in [0.05, 0.1) is 49.6 Å². The van der Waals surface area contributed by atoms with Gasteiger partial charge in [0.1, 0.15) is 11.5 Å². The van der Waals surface area contributed by atoms with Crippen molar-refractivity contribution in [2.45, 2.75) is 12.1 Å². The van der Waals surface area contributed by atoms with Crippen LogP contribution in [0.4, 0.5) is 5.95 Å². The standard InChI is InChI=1S/C21H22Cl2N4O4/c1-4-18(28)26-14-10-31-11-15(14)27-21-24-8-12(9-25-21)5-6-13-19(22)16(29-2)7-17(30-3)20(13)23/h4-9,14-15H,1,10-11H2,2-3H3,(H,26,28)(H,24,25,27)/b6-5+/t14-,15?/m0/s1. The molecule has 0 aliphatic carbocycles. The quantitative estimate of drug-likeness (QED) is 0.577. The summed E-state index contributed by atoms with van der Waals surface area (Å²) in [4.78, 5) is 20.2. The Hall–Kier alpha value is -2.81. The number of methoxy groups -OCH3 is 2. The molecule has 164 valence electrons. The van der Waals surface area contributed by atoms with Crippen LogP contribution in [0.25, 0.3) is 12.2 Å². The van der Waals surface area contributed by atoms with E-state index in [-0.39, 0.29) is 18.0 Å². The van der Waals surface area contributed by atoms with Crippen LogP contribution in [-0.2, 0) is 9.53 Å². The van der Waals surface area contributed by atoms with Gasteiger partial charge in [-0.25, -0.2) is 9.97 Å². The van der Waals surface area contributed by atoms with Crippen molar-refractivity contribution in [3.8, 4) is 11.5 Å². The monoisotopic (exact) mass is 464 g/mol. The van der Waals surface area contributed by atoms with Crippen LogP contribution in [0.1, 0.15) is 11.1 Å². The van der Waals surface area contributed by atoms with Gasteiger partial charge in [-0.2, -0.15) is 0 Å². The Balaban J connectivity index is 1.72. The van der Waals surface area contributed by atoms with Crippen molar-refractivity contribution in [3.05, 3.63) is 52.3 Å². The number of aromatic nitrogens is 2. The third-order valence-electron chi connectivity index (χ3n) is 4.63. The minimum absolute atomic E-state index is 0.146. The lowest BCUT2D eigenvalue weighted by Crippen LogP contribution is -2.45. The SMILES string of the molecule is C=CC(=O)N[C@H]1COCC1Nc1ncc(/C=C/c2c(Cl)c(OC)cc(OC)c2Cl)cn1. The Bertz CT molecular complexity index is 954. The van der Waals surface area contributed by atoms with Gasteiger partial charge in [0.15, 0.2) is 0 Å². The first kappa shape index (κ1) is 22.9. The second kappa shape index (κ2) is 10.5. The maximum atomic E-state index is 11.5. The van der Waals surface area contributed by atoms with Gasteiger partial charge in [0.2, 0.25) is 11.9 Å². The van der Waals surface area contributed by atoms with Crippen molar-refractivity contribution < 1.29 is 19.0 Å². The molecule has 1 aliphatic heterocycles. The number of rotatable bonds is 8. The van der Waals surface area contributed by atoms with E-state index in [9.17, 15) is 4.79 Å². The molecule has 1 aromatic carbocycles. The van der Waals surface area contributed by atoms with E-state index >= 15 is 0 Å². The fraction of sp³-hybridized carbons (Fsp3) is 0.286. The zero-order valence-electron chi connectivity index (χ0n) is 17.0. The van der Waals surface area contributed by atoms with Gasteiger partial charge in [-0.3, -0.25) is 4.79 Å². The zero-order valence-corrected chi connectivity index (χ0v) is 18.5. The Morgan fingerprint density at radius 3 is 2.32 bits per heavy atom. The van der Waals surface area contributed by atoms with Gasteiger partial charge < -0.3 is 24.8 Å². The molecule has 0 saturated carbocycles. The maximum absolute atomic E-state index is 11.5. The van der Waals surface area contributed by atoms with Crippen LogP contribution >= 0.6 is 23.2 Å². The molecule has 1 saturated heterocycles. The van der Waals surface area contributed by atoms with Crippen LogP contribution < -0.4 is 20.1 Å². The summed E-state index contributed by atoms with van der Waals surface area (Å²) >= 11 is 12.8. The molecule has 2 aromatic rings. The van der Waals surface area contributed by atoms with Crippen LogP contribution in [0, 0.1) is 0 Å². The van der Waals surface area contributed by atoms with Crippen molar-refractivity contribution in [1.29, 1.82) is 0 Å². The van der Waals surface area contributed by atoms with Crippen molar-refractivity contribution in [2.75, 3.05) is 32.8 Å². The number of halogens is 2. The third-order valence-corrected chi connectivity index (χ3v) is 5.41. The molecule has 2 heterocycles. The average Bonchev–Trinajstić information content (AvgIpc) is 3.21. The number of nitrogens with zero attached hydrogens (tertiary/aromatic N) is 2. The fourth-order valence-corrected chi connectivity index (χ4v) is 3.60. The van der Waals surface area contributed by atoms with Crippen LogP contribution in [0.2, 0.25) is 10.0 Å². The zero-order chi connectivity index (χ0) is 22.4. The van der Waals surface area contributed by atoms with Crippen LogP contribution in [0.15, 0.2) is 31.1 Å². The molecule has 10 heteroatoms. The highest BCUT2D eigenvalue weighted by Gasteiger charge is 2.29. The number of hydrogen-bond donors (Lipinski definition) is 2. The predicted octanol–water partition coefficient (Wildman–Crippen LogP) is 3.45. The average molecular weight is 465 g/mol. The van der Waals surface area contributed by atoms with Gasteiger partial charge in [0.25, 0.3) is 0 Å². The first-order valence-electron chi connectivity index (χ1n) is 9.34. The number of hydrogen-bond acceptors (Lipinski definition) is 7. The summed E-state index contributed by atoms with van der Waals surface area (Å²) in [6.45, 7) is 4.29. The number of benzene rings is 1. The summed E-state index contributed by atoms with van der Waals surface area (Å²) in [5.41, 5.74) is 1.30. The molecular weight excluding hydrogens is 443 g/mol. The summed E-state index contributed by atoms with van der Waals surface area (Å²) in [5.74, 6) is 1.07. The van der Waals surface area contributed by atoms with Gasteiger partial charge in [-0.1, -0.05) is 41.9 Å². The topological polar surface area (TPSA) is 94.6 Å². The largest absolute Gasteiger partial charge is 0.495 e. The van der Waals surface area contributed by atoms with Gasteiger partial charge in [-0.15, -0.1) is 0 Å². The van der Waals surface area contributed by atoms with Gasteiger partial charge in [0, 0.05) is 29.6 Å². The number of amides is 1. The molecule has 2 N–H and O–H groups in total. The maximum Gasteiger partial charge on any atom is 0.243 e. The normalized spacial score (nSPS) is 18.1. The second-order valence-corrected chi connectivity index (χ2v) is 7.36. The lowest BCUT2D eigenvalue weighted by Gasteiger charge is -2.19. The lowest BCUT2D eigenvalue weighted by atomic mass is 10.1. The molecule has 8 nitrogen and oxygen atoms in total. The molecule has 1 aliphatic rings. The van der Waals surface area contributed by atoms with E-state index in [0.29, 0.717) is 46.3 Å². The third kappa shape index (κ3) is 5.46. The van der Waals surface area contributed by atoms with Gasteiger partial charge in [-0.05, 0) is 6.08 Å².